The maximum atomic E-state index is 12.1. The molecule has 0 aliphatic carbocycles. The first kappa shape index (κ1) is 16.2. The Hall–Kier alpha value is -1.19. The Morgan fingerprint density at radius 1 is 1.48 bits per heavy atom. The van der Waals surface area contributed by atoms with Gasteiger partial charge in [0.2, 0.25) is 10.0 Å². The van der Waals surface area contributed by atoms with E-state index in [4.69, 9.17) is 0 Å². The van der Waals surface area contributed by atoms with Gasteiger partial charge in [0, 0.05) is 6.07 Å². The summed E-state index contributed by atoms with van der Waals surface area (Å²) in [7, 11) is -3.52. The number of halogens is 1. The normalized spacial score (nSPS) is 19.2. The van der Waals surface area contributed by atoms with E-state index >= 15 is 0 Å². The zero-order chi connectivity index (χ0) is 15.5. The van der Waals surface area contributed by atoms with Crippen LogP contribution in [0.2, 0.25) is 0 Å². The third-order valence-corrected chi connectivity index (χ3v) is 5.40. The van der Waals surface area contributed by atoms with E-state index in [1.807, 2.05) is 0 Å². The fourth-order valence-electron chi connectivity index (χ4n) is 2.31. The third-order valence-electron chi connectivity index (χ3n) is 3.27. The van der Waals surface area contributed by atoms with E-state index in [-0.39, 0.29) is 23.0 Å². The number of anilines is 1. The van der Waals surface area contributed by atoms with Crippen molar-refractivity contribution in [3.8, 4) is 0 Å². The quantitative estimate of drug-likeness (QED) is 0.604. The number of nitrogens with zero attached hydrogens (tertiary/aromatic N) is 1. The minimum atomic E-state index is -3.52. The topological polar surface area (TPSA) is 101 Å². The van der Waals surface area contributed by atoms with E-state index in [0.29, 0.717) is 11.0 Å². The van der Waals surface area contributed by atoms with Crippen molar-refractivity contribution in [2.24, 2.45) is 5.92 Å². The molecule has 0 saturated carbocycles. The molecule has 1 heterocycles. The van der Waals surface area contributed by atoms with Gasteiger partial charge in [-0.2, -0.15) is 0 Å². The van der Waals surface area contributed by atoms with Crippen LogP contribution in [0, 0.1) is 16.0 Å². The zero-order valence-corrected chi connectivity index (χ0v) is 13.6. The van der Waals surface area contributed by atoms with Gasteiger partial charge in [-0.05, 0) is 59.9 Å². The molecule has 2 rings (SSSR count). The van der Waals surface area contributed by atoms with Crippen LogP contribution < -0.4 is 10.0 Å². The first-order valence-electron chi connectivity index (χ1n) is 6.52. The number of nitro benzene ring substituents is 1. The van der Waals surface area contributed by atoms with Crippen molar-refractivity contribution < 1.29 is 13.3 Å². The van der Waals surface area contributed by atoms with E-state index in [0.717, 1.165) is 19.4 Å². The number of rotatable bonds is 5. The molecule has 9 heteroatoms. The number of nitro groups is 1. The summed E-state index contributed by atoms with van der Waals surface area (Å²) in [6.07, 6.45) is 1.83. The number of hydrogen-bond acceptors (Lipinski definition) is 5. The summed E-state index contributed by atoms with van der Waals surface area (Å²) in [5.41, 5.74) is 0.0307. The molecular formula is C12H16BrN3O4S. The van der Waals surface area contributed by atoms with Crippen LogP contribution in [-0.4, -0.2) is 32.2 Å². The first-order valence-corrected chi connectivity index (χ1v) is 8.97. The van der Waals surface area contributed by atoms with E-state index in [9.17, 15) is 18.5 Å². The lowest BCUT2D eigenvalue weighted by Gasteiger charge is -2.22. The molecule has 1 aliphatic heterocycles. The largest absolute Gasteiger partial charge is 0.316 e. The van der Waals surface area contributed by atoms with E-state index in [2.05, 4.69) is 26.0 Å². The lowest BCUT2D eigenvalue weighted by atomic mass is 10.0. The summed E-state index contributed by atoms with van der Waals surface area (Å²) in [5.74, 6) is 0.0887. The van der Waals surface area contributed by atoms with Gasteiger partial charge in [0.1, 0.15) is 0 Å². The summed E-state index contributed by atoms with van der Waals surface area (Å²) in [5, 5.41) is 14.0. The van der Waals surface area contributed by atoms with E-state index < -0.39 is 14.9 Å². The fourth-order valence-corrected chi connectivity index (χ4v) is 4.18. The number of benzene rings is 1. The Morgan fingerprint density at radius 3 is 2.86 bits per heavy atom. The second-order valence-corrected chi connectivity index (χ2v) is 7.64. The van der Waals surface area contributed by atoms with Gasteiger partial charge in [0.05, 0.1) is 20.8 Å². The predicted octanol–water partition coefficient (Wildman–Crippen LogP) is 2.10. The summed E-state index contributed by atoms with van der Waals surface area (Å²) in [6, 6.07) is 4.16. The molecule has 1 unspecified atom stereocenters. The van der Waals surface area contributed by atoms with Crippen LogP contribution in [0.5, 0.6) is 0 Å². The summed E-state index contributed by atoms with van der Waals surface area (Å²) < 4.78 is 26.9. The minimum Gasteiger partial charge on any atom is -0.316 e. The molecule has 1 saturated heterocycles. The highest BCUT2D eigenvalue weighted by atomic mass is 79.9. The average Bonchev–Trinajstić information content (AvgIpc) is 2.41. The second kappa shape index (κ2) is 6.71. The van der Waals surface area contributed by atoms with Crippen LogP contribution in [0.15, 0.2) is 22.7 Å². The van der Waals surface area contributed by atoms with Crippen LogP contribution >= 0.6 is 15.9 Å². The standard InChI is InChI=1S/C12H16BrN3O4S/c13-11-4-3-10(6-12(11)16(17)18)15-21(19,20)8-9-2-1-5-14-7-9/h3-4,6,9,14-15H,1-2,5,7-8H2. The van der Waals surface area contributed by atoms with Gasteiger partial charge in [-0.3, -0.25) is 14.8 Å². The van der Waals surface area contributed by atoms with E-state index in [1.165, 1.54) is 18.2 Å². The Balaban J connectivity index is 2.09. The highest BCUT2D eigenvalue weighted by molar-refractivity contribution is 9.10. The molecule has 0 aromatic heterocycles. The van der Waals surface area contributed by atoms with Crippen molar-refractivity contribution in [1.82, 2.24) is 5.32 Å². The molecule has 1 atom stereocenters. The van der Waals surface area contributed by atoms with Gasteiger partial charge in [-0.15, -0.1) is 0 Å². The molecule has 1 fully saturated rings. The zero-order valence-electron chi connectivity index (χ0n) is 11.2. The van der Waals surface area contributed by atoms with Crippen LogP contribution in [0.4, 0.5) is 11.4 Å². The molecule has 116 valence electrons. The predicted molar refractivity (Wildman–Crippen MR) is 83.8 cm³/mol. The van der Waals surface area contributed by atoms with Crippen LogP contribution in [0.25, 0.3) is 0 Å². The lowest BCUT2D eigenvalue weighted by Crippen LogP contribution is -2.35. The third kappa shape index (κ3) is 4.65. The summed E-state index contributed by atoms with van der Waals surface area (Å²) in [4.78, 5) is 10.3. The van der Waals surface area contributed by atoms with E-state index in [1.54, 1.807) is 0 Å². The summed E-state index contributed by atoms with van der Waals surface area (Å²) >= 11 is 3.06. The van der Waals surface area contributed by atoms with Gasteiger partial charge in [-0.25, -0.2) is 8.42 Å². The molecule has 0 bridgehead atoms. The minimum absolute atomic E-state index is 0.0177. The number of sulfonamides is 1. The average molecular weight is 378 g/mol. The number of piperidine rings is 1. The first-order chi connectivity index (χ1) is 9.87. The molecule has 0 radical (unpaired) electrons. The molecule has 0 spiro atoms. The smallest absolute Gasteiger partial charge is 0.285 e. The summed E-state index contributed by atoms with van der Waals surface area (Å²) in [6.45, 7) is 1.60. The molecule has 21 heavy (non-hydrogen) atoms. The van der Waals surface area contributed by atoms with Gasteiger partial charge >= 0.3 is 0 Å². The van der Waals surface area contributed by atoms with Crippen molar-refractivity contribution in [3.05, 3.63) is 32.8 Å². The van der Waals surface area contributed by atoms with Crippen molar-refractivity contribution in [2.75, 3.05) is 23.6 Å². The van der Waals surface area contributed by atoms with Crippen molar-refractivity contribution in [3.63, 3.8) is 0 Å². The molecule has 1 aliphatic rings. The maximum absolute atomic E-state index is 12.1. The van der Waals surface area contributed by atoms with Gasteiger partial charge < -0.3 is 5.32 Å². The van der Waals surface area contributed by atoms with Gasteiger partial charge in [-0.1, -0.05) is 0 Å². The van der Waals surface area contributed by atoms with Crippen LogP contribution in [0.1, 0.15) is 12.8 Å². The molecule has 2 N–H and O–H groups in total. The molecule has 1 aromatic rings. The Labute approximate surface area is 131 Å². The molecule has 0 amide bonds. The van der Waals surface area contributed by atoms with Crippen molar-refractivity contribution >= 4 is 37.3 Å². The maximum Gasteiger partial charge on any atom is 0.285 e. The van der Waals surface area contributed by atoms with Gasteiger partial charge in [0.15, 0.2) is 0 Å². The Kier molecular flexibility index (Phi) is 5.17. The molecule has 1 aromatic carbocycles. The van der Waals surface area contributed by atoms with Crippen molar-refractivity contribution in [1.29, 1.82) is 0 Å². The lowest BCUT2D eigenvalue weighted by molar-refractivity contribution is -0.385. The highest BCUT2D eigenvalue weighted by Crippen LogP contribution is 2.28. The van der Waals surface area contributed by atoms with Crippen molar-refractivity contribution in [2.45, 2.75) is 12.8 Å². The monoisotopic (exact) mass is 377 g/mol. The van der Waals surface area contributed by atoms with Gasteiger partial charge in [0.25, 0.3) is 5.69 Å². The number of hydrogen-bond donors (Lipinski definition) is 2. The second-order valence-electron chi connectivity index (χ2n) is 5.02. The Morgan fingerprint density at radius 2 is 2.24 bits per heavy atom. The molecule has 7 nitrogen and oxygen atoms in total. The SMILES string of the molecule is O=[N+]([O-])c1cc(NS(=O)(=O)CC2CCCNC2)ccc1Br. The van der Waals surface area contributed by atoms with Crippen LogP contribution in [-0.2, 0) is 10.0 Å². The van der Waals surface area contributed by atoms with Crippen LogP contribution in [0.3, 0.4) is 0 Å². The number of nitrogens with one attached hydrogen (secondary N) is 2. The Bertz CT molecular complexity index is 629. The fraction of sp³-hybridized carbons (Fsp3) is 0.500. The molecular weight excluding hydrogens is 362 g/mol. The highest BCUT2D eigenvalue weighted by Gasteiger charge is 2.22.